The molecule has 2 heteroatoms. The van der Waals surface area contributed by atoms with Crippen molar-refractivity contribution in [2.24, 2.45) is 5.73 Å². The van der Waals surface area contributed by atoms with Crippen LogP contribution in [0.1, 0.15) is 30.9 Å². The molecule has 1 unspecified atom stereocenters. The van der Waals surface area contributed by atoms with E-state index in [1.54, 1.807) is 0 Å². The lowest BCUT2D eigenvalue weighted by molar-refractivity contribution is 0.660. The summed E-state index contributed by atoms with van der Waals surface area (Å²) >= 11 is 1.94. The van der Waals surface area contributed by atoms with Gasteiger partial charge in [0.2, 0.25) is 0 Å². The number of rotatable bonds is 6. The quantitative estimate of drug-likeness (QED) is 0.800. The maximum Gasteiger partial charge on any atom is 0.0187 e. The Morgan fingerprint density at radius 1 is 1.33 bits per heavy atom. The van der Waals surface area contributed by atoms with Gasteiger partial charge in [-0.1, -0.05) is 37.6 Å². The monoisotopic (exact) mass is 223 g/mol. The maximum atomic E-state index is 5.97. The summed E-state index contributed by atoms with van der Waals surface area (Å²) < 4.78 is 0. The van der Waals surface area contributed by atoms with Crippen molar-refractivity contribution in [3.63, 3.8) is 0 Å². The molecule has 84 valence electrons. The number of aryl methyl sites for hydroxylation is 1. The van der Waals surface area contributed by atoms with Crippen molar-refractivity contribution < 1.29 is 0 Å². The number of thioether (sulfide) groups is 1. The van der Waals surface area contributed by atoms with Crippen molar-refractivity contribution in [2.45, 2.75) is 38.5 Å². The predicted octanol–water partition coefficient (Wildman–Crippen LogP) is 3.36. The van der Waals surface area contributed by atoms with Gasteiger partial charge >= 0.3 is 0 Å². The molecule has 1 aromatic carbocycles. The fourth-order valence-corrected chi connectivity index (χ4v) is 2.68. The molecular formula is C13H21NS. The van der Waals surface area contributed by atoms with Crippen LogP contribution in [-0.4, -0.2) is 11.8 Å². The fourth-order valence-electron chi connectivity index (χ4n) is 1.55. The van der Waals surface area contributed by atoms with E-state index in [1.165, 1.54) is 17.5 Å². The van der Waals surface area contributed by atoms with E-state index in [-0.39, 0.29) is 0 Å². The van der Waals surface area contributed by atoms with E-state index in [2.05, 4.69) is 38.1 Å². The summed E-state index contributed by atoms with van der Waals surface area (Å²) in [6, 6.07) is 8.93. The van der Waals surface area contributed by atoms with E-state index in [0.29, 0.717) is 6.04 Å². The van der Waals surface area contributed by atoms with Crippen LogP contribution in [0.15, 0.2) is 24.3 Å². The molecule has 0 aromatic heterocycles. The Hall–Kier alpha value is -0.470. The molecule has 1 nitrogen and oxygen atoms in total. The van der Waals surface area contributed by atoms with E-state index in [0.717, 1.165) is 17.9 Å². The van der Waals surface area contributed by atoms with Gasteiger partial charge in [0.25, 0.3) is 0 Å². The highest BCUT2D eigenvalue weighted by atomic mass is 32.2. The molecule has 1 aromatic rings. The minimum atomic E-state index is 0.365. The van der Waals surface area contributed by atoms with Gasteiger partial charge in [-0.05, 0) is 24.5 Å². The van der Waals surface area contributed by atoms with Crippen LogP contribution in [0.4, 0.5) is 0 Å². The van der Waals surface area contributed by atoms with E-state index in [9.17, 15) is 0 Å². The lowest BCUT2D eigenvalue weighted by Gasteiger charge is -2.10. The largest absolute Gasteiger partial charge is 0.327 e. The molecule has 0 bridgehead atoms. The average Bonchev–Trinajstić information content (AvgIpc) is 2.21. The van der Waals surface area contributed by atoms with Crippen molar-refractivity contribution in [3.8, 4) is 0 Å². The Morgan fingerprint density at radius 3 is 2.73 bits per heavy atom. The third-order valence-electron chi connectivity index (χ3n) is 2.51. The van der Waals surface area contributed by atoms with Crippen molar-refractivity contribution in [3.05, 3.63) is 35.4 Å². The van der Waals surface area contributed by atoms with E-state index >= 15 is 0 Å². The van der Waals surface area contributed by atoms with Crippen molar-refractivity contribution in [1.29, 1.82) is 0 Å². The van der Waals surface area contributed by atoms with Crippen molar-refractivity contribution >= 4 is 11.8 Å². The van der Waals surface area contributed by atoms with Crippen LogP contribution in [-0.2, 0) is 5.75 Å². The second-order valence-electron chi connectivity index (χ2n) is 3.99. The molecule has 0 fully saturated rings. The molecule has 0 spiro atoms. The van der Waals surface area contributed by atoms with Gasteiger partial charge in [0, 0.05) is 17.5 Å². The zero-order valence-corrected chi connectivity index (χ0v) is 10.5. The summed E-state index contributed by atoms with van der Waals surface area (Å²) in [5.74, 6) is 2.16. The molecule has 0 saturated carbocycles. The molecule has 2 N–H and O–H groups in total. The van der Waals surface area contributed by atoms with Crippen LogP contribution in [0.3, 0.4) is 0 Å². The molecule has 0 radical (unpaired) electrons. The van der Waals surface area contributed by atoms with Crippen LogP contribution in [0.25, 0.3) is 0 Å². The zero-order chi connectivity index (χ0) is 11.1. The number of hydrogen-bond acceptors (Lipinski definition) is 2. The van der Waals surface area contributed by atoms with Gasteiger partial charge in [0.15, 0.2) is 0 Å². The Kier molecular flexibility index (Phi) is 5.81. The van der Waals surface area contributed by atoms with Gasteiger partial charge < -0.3 is 5.73 Å². The first-order valence-electron chi connectivity index (χ1n) is 5.62. The third kappa shape index (κ3) is 4.72. The number of nitrogens with two attached hydrogens (primary N) is 1. The van der Waals surface area contributed by atoms with E-state index in [1.807, 2.05) is 11.8 Å². The first-order valence-corrected chi connectivity index (χ1v) is 6.77. The maximum absolute atomic E-state index is 5.97. The lowest BCUT2D eigenvalue weighted by atomic mass is 10.1. The molecule has 0 amide bonds. The molecule has 1 atom stereocenters. The predicted molar refractivity (Wildman–Crippen MR) is 70.2 cm³/mol. The average molecular weight is 223 g/mol. The highest BCUT2D eigenvalue weighted by Crippen LogP contribution is 2.16. The van der Waals surface area contributed by atoms with E-state index < -0.39 is 0 Å². The Morgan fingerprint density at radius 2 is 2.07 bits per heavy atom. The molecule has 0 aliphatic rings. The summed E-state index contributed by atoms with van der Waals surface area (Å²) in [6.45, 7) is 4.35. The van der Waals surface area contributed by atoms with Gasteiger partial charge in [0.05, 0.1) is 0 Å². The summed E-state index contributed by atoms with van der Waals surface area (Å²) in [7, 11) is 0. The first-order chi connectivity index (χ1) is 7.24. The zero-order valence-electron chi connectivity index (χ0n) is 9.70. The van der Waals surface area contributed by atoms with Crippen LogP contribution in [0.5, 0.6) is 0 Å². The molecular weight excluding hydrogens is 202 g/mol. The third-order valence-corrected chi connectivity index (χ3v) is 3.69. The van der Waals surface area contributed by atoms with Crippen molar-refractivity contribution in [2.75, 3.05) is 5.75 Å². The molecule has 0 saturated heterocycles. The second-order valence-corrected chi connectivity index (χ2v) is 5.02. The van der Waals surface area contributed by atoms with Gasteiger partial charge in [-0.15, -0.1) is 0 Å². The minimum Gasteiger partial charge on any atom is -0.327 e. The van der Waals surface area contributed by atoms with Gasteiger partial charge in [-0.25, -0.2) is 0 Å². The highest BCUT2D eigenvalue weighted by Gasteiger charge is 2.02. The smallest absolute Gasteiger partial charge is 0.0187 e. The number of benzene rings is 1. The summed E-state index contributed by atoms with van der Waals surface area (Å²) in [5, 5.41) is 0. The highest BCUT2D eigenvalue weighted by molar-refractivity contribution is 7.98. The molecule has 0 aliphatic carbocycles. The molecule has 15 heavy (non-hydrogen) atoms. The van der Waals surface area contributed by atoms with Crippen LogP contribution >= 0.6 is 11.8 Å². The van der Waals surface area contributed by atoms with Crippen LogP contribution in [0.2, 0.25) is 0 Å². The Labute approximate surface area is 97.4 Å². The van der Waals surface area contributed by atoms with Gasteiger partial charge in [-0.3, -0.25) is 0 Å². The van der Waals surface area contributed by atoms with Crippen LogP contribution < -0.4 is 5.73 Å². The Bertz CT molecular complexity index is 286. The molecule has 1 rings (SSSR count). The number of hydrogen-bond donors (Lipinski definition) is 1. The summed E-state index contributed by atoms with van der Waals surface area (Å²) in [5.41, 5.74) is 8.79. The van der Waals surface area contributed by atoms with Gasteiger partial charge in [-0.2, -0.15) is 11.8 Å². The Balaban J connectivity index is 2.29. The molecule has 0 aliphatic heterocycles. The van der Waals surface area contributed by atoms with Crippen LogP contribution in [0, 0.1) is 6.92 Å². The standard InChI is InChI=1S/C13H21NS/c1-3-6-13(14)10-15-9-12-8-5-4-7-11(12)2/h4-5,7-8,13H,3,6,9-10,14H2,1-2H3. The summed E-state index contributed by atoms with van der Waals surface area (Å²) in [4.78, 5) is 0. The lowest BCUT2D eigenvalue weighted by Crippen LogP contribution is -2.22. The first kappa shape index (κ1) is 12.6. The van der Waals surface area contributed by atoms with Gasteiger partial charge in [0.1, 0.15) is 0 Å². The molecule has 0 heterocycles. The van der Waals surface area contributed by atoms with E-state index in [4.69, 9.17) is 5.73 Å². The second kappa shape index (κ2) is 6.91. The topological polar surface area (TPSA) is 26.0 Å². The summed E-state index contributed by atoms with van der Waals surface area (Å²) in [6.07, 6.45) is 2.33. The normalized spacial score (nSPS) is 12.7. The SMILES string of the molecule is CCCC(N)CSCc1ccccc1C. The fraction of sp³-hybridized carbons (Fsp3) is 0.538. The van der Waals surface area contributed by atoms with Crippen molar-refractivity contribution in [1.82, 2.24) is 0 Å². The minimum absolute atomic E-state index is 0.365.